The predicted molar refractivity (Wildman–Crippen MR) is 160 cm³/mol. The summed E-state index contributed by atoms with van der Waals surface area (Å²) in [5.41, 5.74) is 1.28. The van der Waals surface area contributed by atoms with Crippen molar-refractivity contribution in [1.29, 1.82) is 0 Å². The van der Waals surface area contributed by atoms with E-state index in [0.29, 0.717) is 58.3 Å². The highest BCUT2D eigenvalue weighted by Crippen LogP contribution is 2.48. The first-order valence-electron chi connectivity index (χ1n) is 13.6. The van der Waals surface area contributed by atoms with Crippen LogP contribution in [0.15, 0.2) is 37.1 Å². The van der Waals surface area contributed by atoms with E-state index in [-0.39, 0.29) is 23.2 Å². The molecule has 9 nitrogen and oxygen atoms in total. The Morgan fingerprint density at radius 1 is 1.17 bits per heavy atom. The number of allylic oxidation sites excluding steroid dienone is 1. The molecule has 0 amide bonds. The van der Waals surface area contributed by atoms with Crippen LogP contribution in [0.3, 0.4) is 0 Å². The minimum absolute atomic E-state index is 0.00638. The highest BCUT2D eigenvalue weighted by atomic mass is 35.5. The number of fused-ring (bicyclic) bond motifs is 1. The van der Waals surface area contributed by atoms with E-state index in [2.05, 4.69) is 16.8 Å². The third-order valence-corrected chi connectivity index (χ3v) is 9.03. The zero-order chi connectivity index (χ0) is 28.7. The largest absolute Gasteiger partial charge is 0.495 e. The minimum atomic E-state index is -0.0377. The Morgan fingerprint density at radius 3 is 2.59 bits per heavy atom. The average molecular weight is 600 g/mol. The van der Waals surface area contributed by atoms with E-state index in [0.717, 1.165) is 49.3 Å². The third-order valence-electron chi connectivity index (χ3n) is 8.28. The van der Waals surface area contributed by atoms with Gasteiger partial charge >= 0.3 is 0 Å². The van der Waals surface area contributed by atoms with E-state index in [1.54, 1.807) is 20.3 Å². The molecule has 6 rings (SSSR count). The molecule has 0 bridgehead atoms. The summed E-state index contributed by atoms with van der Waals surface area (Å²) in [5.74, 6) is 2.44. The average Bonchev–Trinajstić information content (AvgIpc) is 3.62. The van der Waals surface area contributed by atoms with Gasteiger partial charge in [0.2, 0.25) is 0 Å². The molecular weight excluding hydrogens is 567 g/mol. The van der Waals surface area contributed by atoms with Crippen molar-refractivity contribution in [3.8, 4) is 22.8 Å². The Bertz CT molecular complexity index is 1470. The van der Waals surface area contributed by atoms with Crippen LogP contribution in [0.25, 0.3) is 22.0 Å². The Kier molecular flexibility index (Phi) is 7.72. The fourth-order valence-electron chi connectivity index (χ4n) is 5.99. The summed E-state index contributed by atoms with van der Waals surface area (Å²) >= 11 is 13.6. The summed E-state index contributed by atoms with van der Waals surface area (Å²) in [7, 11) is 3.10. The van der Waals surface area contributed by atoms with E-state index >= 15 is 0 Å². The maximum absolute atomic E-state index is 12.0. The van der Waals surface area contributed by atoms with Crippen molar-refractivity contribution >= 4 is 51.4 Å². The standard InChI is InChI=1S/C30H32Cl2N4O5/c1-4-19(37)7-18-12-41-13-22(18)34-25-9-20-17(11-33-25)8-21(26-27(31)23(38-2)10-24(39-3)28(26)32)35-29(20)36-14-30(15-36)5-6-40-16-30/h4,8-11,18,22H,1,5-7,12-16H2,2-3H3,(H,33,34)/t18-,22+/m0/s1. The van der Waals surface area contributed by atoms with Crippen LogP contribution in [0.1, 0.15) is 12.8 Å². The molecule has 3 aliphatic heterocycles. The van der Waals surface area contributed by atoms with Crippen LogP contribution in [0.5, 0.6) is 11.5 Å². The Hall–Kier alpha value is -3.11. The van der Waals surface area contributed by atoms with Gasteiger partial charge in [-0.1, -0.05) is 29.8 Å². The van der Waals surface area contributed by atoms with Crippen molar-refractivity contribution < 1.29 is 23.7 Å². The SMILES string of the molecule is C=CC(=O)C[C@H]1COC[C@H]1Nc1cc2c(N3CC4(CCOC4)C3)nc(-c3c(Cl)c(OC)cc(OC)c3Cl)cc2cn1. The molecule has 0 unspecified atom stereocenters. The molecule has 1 N–H and O–H groups in total. The van der Waals surface area contributed by atoms with Crippen LogP contribution in [-0.4, -0.2) is 75.5 Å². The summed E-state index contributed by atoms with van der Waals surface area (Å²) in [5, 5.41) is 6.03. The molecule has 0 aliphatic carbocycles. The summed E-state index contributed by atoms with van der Waals surface area (Å²) in [6.07, 6.45) is 4.60. The van der Waals surface area contributed by atoms with Crippen LogP contribution < -0.4 is 19.7 Å². The van der Waals surface area contributed by atoms with Gasteiger partial charge in [-0.25, -0.2) is 9.97 Å². The van der Waals surface area contributed by atoms with Crippen molar-refractivity contribution in [3.63, 3.8) is 0 Å². The van der Waals surface area contributed by atoms with Gasteiger partial charge in [-0.15, -0.1) is 0 Å². The van der Waals surface area contributed by atoms with Gasteiger partial charge in [0.25, 0.3) is 0 Å². The molecule has 2 aromatic heterocycles. The number of rotatable bonds is 9. The number of hydrogen-bond acceptors (Lipinski definition) is 9. The van der Waals surface area contributed by atoms with Crippen LogP contribution in [0.4, 0.5) is 11.6 Å². The number of nitrogens with zero attached hydrogens (tertiary/aromatic N) is 3. The molecule has 1 spiro atoms. The van der Waals surface area contributed by atoms with Crippen LogP contribution in [-0.2, 0) is 14.3 Å². The van der Waals surface area contributed by atoms with E-state index in [1.165, 1.54) is 6.08 Å². The van der Waals surface area contributed by atoms with Crippen molar-refractivity contribution in [1.82, 2.24) is 9.97 Å². The molecule has 3 aliphatic rings. The van der Waals surface area contributed by atoms with Gasteiger partial charge in [-0.3, -0.25) is 4.79 Å². The number of carbonyl (C=O) groups excluding carboxylic acids is 1. The molecule has 11 heteroatoms. The molecule has 5 heterocycles. The first kappa shape index (κ1) is 28.0. The second-order valence-corrected chi connectivity index (χ2v) is 11.7. The van der Waals surface area contributed by atoms with E-state index < -0.39 is 0 Å². The first-order chi connectivity index (χ1) is 19.8. The monoisotopic (exact) mass is 598 g/mol. The lowest BCUT2D eigenvalue weighted by Gasteiger charge is -2.48. The molecule has 0 radical (unpaired) electrons. The molecule has 2 atom stereocenters. The fourth-order valence-corrected chi connectivity index (χ4v) is 6.68. The number of methoxy groups -OCH3 is 2. The molecule has 3 fully saturated rings. The highest BCUT2D eigenvalue weighted by Gasteiger charge is 2.47. The third kappa shape index (κ3) is 5.20. The number of nitrogens with one attached hydrogen (secondary N) is 1. The number of ether oxygens (including phenoxy) is 4. The molecule has 0 saturated carbocycles. The molecule has 3 aromatic rings. The van der Waals surface area contributed by atoms with Gasteiger partial charge in [0.15, 0.2) is 5.78 Å². The fraction of sp³-hybridized carbons (Fsp3) is 0.433. The number of anilines is 2. The van der Waals surface area contributed by atoms with Crippen molar-refractivity contribution in [2.75, 3.05) is 64.0 Å². The molecule has 41 heavy (non-hydrogen) atoms. The number of pyridine rings is 2. The zero-order valence-electron chi connectivity index (χ0n) is 23.0. The Balaban J connectivity index is 1.41. The van der Waals surface area contributed by atoms with Gasteiger partial charge in [0.05, 0.1) is 55.8 Å². The Labute approximate surface area is 248 Å². The van der Waals surface area contributed by atoms with E-state index in [4.69, 9.17) is 52.1 Å². The predicted octanol–water partition coefficient (Wildman–Crippen LogP) is 5.42. The molecule has 1 aromatic carbocycles. The lowest BCUT2D eigenvalue weighted by Crippen LogP contribution is -2.57. The Morgan fingerprint density at radius 2 is 1.93 bits per heavy atom. The number of ketones is 1. The minimum Gasteiger partial charge on any atom is -0.495 e. The van der Waals surface area contributed by atoms with Crippen LogP contribution in [0.2, 0.25) is 10.0 Å². The van der Waals surface area contributed by atoms with Crippen LogP contribution >= 0.6 is 23.2 Å². The topological polar surface area (TPSA) is 95.0 Å². The van der Waals surface area contributed by atoms with Gasteiger partial charge < -0.3 is 29.2 Å². The molecule has 3 saturated heterocycles. The van der Waals surface area contributed by atoms with Crippen molar-refractivity contribution in [2.45, 2.75) is 18.9 Å². The lowest BCUT2D eigenvalue weighted by atomic mass is 9.79. The number of aromatic nitrogens is 2. The van der Waals surface area contributed by atoms with E-state index in [1.807, 2.05) is 18.3 Å². The smallest absolute Gasteiger partial charge is 0.155 e. The number of hydrogen-bond donors (Lipinski definition) is 1. The lowest BCUT2D eigenvalue weighted by molar-refractivity contribution is -0.115. The van der Waals surface area contributed by atoms with Crippen molar-refractivity contribution in [2.24, 2.45) is 11.3 Å². The number of benzene rings is 1. The second kappa shape index (κ2) is 11.3. The summed E-state index contributed by atoms with van der Waals surface area (Å²) < 4.78 is 22.4. The summed E-state index contributed by atoms with van der Waals surface area (Å²) in [4.78, 5) is 24.1. The quantitative estimate of drug-likeness (QED) is 0.324. The van der Waals surface area contributed by atoms with Gasteiger partial charge in [0.1, 0.15) is 23.1 Å². The second-order valence-electron chi connectivity index (χ2n) is 11.0. The maximum atomic E-state index is 12.0. The van der Waals surface area contributed by atoms with Gasteiger partial charge in [-0.2, -0.15) is 0 Å². The summed E-state index contributed by atoms with van der Waals surface area (Å²) in [6.45, 7) is 7.84. The normalized spacial score (nSPS) is 21.2. The van der Waals surface area contributed by atoms with Gasteiger partial charge in [-0.05, 0) is 24.6 Å². The zero-order valence-corrected chi connectivity index (χ0v) is 24.6. The van der Waals surface area contributed by atoms with Gasteiger partial charge in [0, 0.05) is 66.0 Å². The maximum Gasteiger partial charge on any atom is 0.155 e. The number of carbonyl (C=O) groups is 1. The first-order valence-corrected chi connectivity index (χ1v) is 14.3. The van der Waals surface area contributed by atoms with E-state index in [9.17, 15) is 4.79 Å². The molecule has 216 valence electrons. The van der Waals surface area contributed by atoms with Crippen molar-refractivity contribution in [3.05, 3.63) is 47.1 Å². The molecular formula is C30H32Cl2N4O5. The number of halogens is 2. The highest BCUT2D eigenvalue weighted by molar-refractivity contribution is 6.41. The van der Waals surface area contributed by atoms with Crippen LogP contribution in [0, 0.1) is 11.3 Å². The summed E-state index contributed by atoms with van der Waals surface area (Å²) in [6, 6.07) is 5.57.